The van der Waals surface area contributed by atoms with Crippen LogP contribution in [0.5, 0.6) is 0 Å². The highest BCUT2D eigenvalue weighted by Crippen LogP contribution is 2.30. The maximum atomic E-state index is 12.9. The second kappa shape index (κ2) is 16.3. The van der Waals surface area contributed by atoms with Crippen LogP contribution in [0, 0.1) is 6.92 Å². The average Bonchev–Trinajstić information content (AvgIpc) is 3.78. The molecule has 53 heavy (non-hydrogen) atoms. The smallest absolute Gasteiger partial charge is 0.296 e. The molecule has 0 unspecified atom stereocenters. The van der Waals surface area contributed by atoms with Crippen molar-refractivity contribution in [3.63, 3.8) is 0 Å². The van der Waals surface area contributed by atoms with Crippen molar-refractivity contribution in [2.45, 2.75) is 51.7 Å². The van der Waals surface area contributed by atoms with Crippen LogP contribution in [-0.4, -0.2) is 53.5 Å². The van der Waals surface area contributed by atoms with Gasteiger partial charge in [-0.2, -0.15) is 8.42 Å². The monoisotopic (exact) mass is 772 g/mol. The third kappa shape index (κ3) is 8.61. The van der Waals surface area contributed by atoms with Gasteiger partial charge in [0.25, 0.3) is 10.1 Å². The first-order valence-electron chi connectivity index (χ1n) is 16.3. The lowest BCUT2D eigenvalue weighted by Crippen LogP contribution is -2.09. The normalized spacial score (nSPS) is 11.9. The SMILES string of the molecule is C.Cc1ccc(S(=O)(=O)OCCc2ccc3c(S(=O)(=O)c4ccccc4)c[nH]c3c2)cc1.O=S(=O)(c1ccccc1)c1c[nH]c2cc(CCO)ccc12. The molecular weight excluding hydrogens is 733 g/mol. The maximum Gasteiger partial charge on any atom is 0.296 e. The quantitative estimate of drug-likeness (QED) is 0.114. The third-order valence-electron chi connectivity index (χ3n) is 8.44. The standard InChI is InChI=1S/C23H21NO5S2.C16H15NO3S.CH4/c1-17-7-10-20(11-8-17)31(27,28)29-14-13-18-9-12-21-22(15-18)24-16-23(21)30(25,26)19-5-3-2-4-6-19;18-9-8-12-6-7-14-15(10-12)17-11-16(14)21(19,20)13-4-2-1-3-5-13;/h2-12,15-16,24H,13-14H2,1H3;1-7,10-11,17-18H,8-9H2;1H4. The Hall–Kier alpha value is -5.05. The van der Waals surface area contributed by atoms with Crippen molar-refractivity contribution in [3.8, 4) is 0 Å². The van der Waals surface area contributed by atoms with E-state index in [1.165, 1.54) is 24.5 Å². The molecule has 7 rings (SSSR count). The van der Waals surface area contributed by atoms with Gasteiger partial charge >= 0.3 is 0 Å². The van der Waals surface area contributed by atoms with Gasteiger partial charge in [0.15, 0.2) is 0 Å². The zero-order valence-corrected chi connectivity index (χ0v) is 30.5. The topological polar surface area (TPSA) is 163 Å². The van der Waals surface area contributed by atoms with Crippen LogP contribution in [0.4, 0.5) is 0 Å². The van der Waals surface area contributed by atoms with Crippen LogP contribution in [0.3, 0.4) is 0 Å². The van der Waals surface area contributed by atoms with E-state index in [2.05, 4.69) is 9.97 Å². The molecule has 0 bridgehead atoms. The summed E-state index contributed by atoms with van der Waals surface area (Å²) in [6.07, 6.45) is 3.92. The summed E-state index contributed by atoms with van der Waals surface area (Å²) < 4.78 is 80.9. The van der Waals surface area contributed by atoms with Crippen molar-refractivity contribution in [3.05, 3.63) is 150 Å². The average molecular weight is 773 g/mol. The molecule has 0 amide bonds. The van der Waals surface area contributed by atoms with Gasteiger partial charge in [0.1, 0.15) is 0 Å². The summed E-state index contributed by atoms with van der Waals surface area (Å²) in [6.45, 7) is 1.93. The number of rotatable bonds is 11. The van der Waals surface area contributed by atoms with Gasteiger partial charge < -0.3 is 15.1 Å². The minimum Gasteiger partial charge on any atom is -0.396 e. The summed E-state index contributed by atoms with van der Waals surface area (Å²) in [7, 11) is -11.0. The third-order valence-corrected chi connectivity index (χ3v) is 13.4. The second-order valence-corrected chi connectivity index (χ2v) is 17.5. The highest BCUT2D eigenvalue weighted by Gasteiger charge is 2.23. The van der Waals surface area contributed by atoms with E-state index in [4.69, 9.17) is 9.29 Å². The lowest BCUT2D eigenvalue weighted by Gasteiger charge is -2.07. The van der Waals surface area contributed by atoms with E-state index >= 15 is 0 Å². The van der Waals surface area contributed by atoms with E-state index < -0.39 is 29.8 Å². The number of aryl methyl sites for hydroxylation is 1. The van der Waals surface area contributed by atoms with E-state index in [9.17, 15) is 25.3 Å². The Kier molecular flexibility index (Phi) is 12.1. The van der Waals surface area contributed by atoms with Crippen molar-refractivity contribution in [2.75, 3.05) is 13.2 Å². The molecule has 0 fully saturated rings. The van der Waals surface area contributed by atoms with E-state index in [-0.39, 0.29) is 45.1 Å². The number of sulfone groups is 2. The number of H-pyrrole nitrogens is 2. The van der Waals surface area contributed by atoms with Crippen LogP contribution < -0.4 is 0 Å². The van der Waals surface area contributed by atoms with E-state index in [1.54, 1.807) is 97.1 Å². The van der Waals surface area contributed by atoms with Gasteiger partial charge in [-0.3, -0.25) is 4.18 Å². The zero-order valence-electron chi connectivity index (χ0n) is 28.1. The van der Waals surface area contributed by atoms with Crippen molar-refractivity contribution in [1.82, 2.24) is 9.97 Å². The van der Waals surface area contributed by atoms with Crippen LogP contribution in [0.15, 0.2) is 158 Å². The van der Waals surface area contributed by atoms with E-state index in [0.717, 1.165) is 22.2 Å². The molecule has 0 aliphatic carbocycles. The number of aliphatic hydroxyl groups is 1. The molecular formula is C40H40N2O8S3. The van der Waals surface area contributed by atoms with Gasteiger partial charge in [-0.05, 0) is 79.4 Å². The van der Waals surface area contributed by atoms with Crippen LogP contribution in [-0.2, 0) is 46.8 Å². The molecule has 3 N–H and O–H groups in total. The fraction of sp³-hybridized carbons (Fsp3) is 0.150. The van der Waals surface area contributed by atoms with Crippen LogP contribution >= 0.6 is 0 Å². The molecule has 0 aliphatic heterocycles. The molecule has 13 heteroatoms. The molecule has 0 saturated carbocycles. The molecule has 0 aliphatic rings. The Bertz CT molecular complexity index is 2650. The summed E-state index contributed by atoms with van der Waals surface area (Å²) in [4.78, 5) is 7.12. The van der Waals surface area contributed by atoms with Crippen molar-refractivity contribution in [1.29, 1.82) is 0 Å². The Labute approximate surface area is 310 Å². The number of hydrogen-bond donors (Lipinski definition) is 3. The number of aromatic nitrogens is 2. The number of benzene rings is 5. The molecule has 276 valence electrons. The lowest BCUT2D eigenvalue weighted by molar-refractivity contribution is 0.299. The Morgan fingerprint density at radius 2 is 1.02 bits per heavy atom. The van der Waals surface area contributed by atoms with Gasteiger partial charge in [-0.15, -0.1) is 0 Å². The number of hydrogen-bond acceptors (Lipinski definition) is 8. The molecule has 10 nitrogen and oxygen atoms in total. The van der Waals surface area contributed by atoms with Gasteiger partial charge in [0, 0.05) is 40.8 Å². The second-order valence-electron chi connectivity index (χ2n) is 12.0. The Morgan fingerprint density at radius 3 is 1.47 bits per heavy atom. The molecule has 0 saturated heterocycles. The first-order chi connectivity index (χ1) is 24.9. The van der Waals surface area contributed by atoms with Gasteiger partial charge in [-0.25, -0.2) is 16.8 Å². The molecule has 0 radical (unpaired) electrons. The van der Waals surface area contributed by atoms with Crippen molar-refractivity contribution in [2.24, 2.45) is 0 Å². The number of fused-ring (bicyclic) bond motifs is 2. The zero-order chi connectivity index (χ0) is 36.9. The highest BCUT2D eigenvalue weighted by atomic mass is 32.2. The summed E-state index contributed by atoms with van der Waals surface area (Å²) in [5, 5.41) is 10.2. The summed E-state index contributed by atoms with van der Waals surface area (Å²) in [5.41, 5.74) is 4.18. The first-order valence-corrected chi connectivity index (χ1v) is 20.6. The summed E-state index contributed by atoms with van der Waals surface area (Å²) in [5.74, 6) is 0. The minimum atomic E-state index is -3.82. The minimum absolute atomic E-state index is 0. The number of aromatic amines is 2. The Morgan fingerprint density at radius 1 is 0.566 bits per heavy atom. The number of nitrogens with one attached hydrogen (secondary N) is 2. The summed E-state index contributed by atoms with van der Waals surface area (Å²) in [6, 6.07) is 33.9. The van der Waals surface area contributed by atoms with Crippen LogP contribution in [0.25, 0.3) is 21.8 Å². The Balaban J connectivity index is 0.000000215. The molecule has 2 aromatic heterocycles. The van der Waals surface area contributed by atoms with Gasteiger partial charge in [0.05, 0.1) is 31.1 Å². The maximum absolute atomic E-state index is 12.9. The van der Waals surface area contributed by atoms with Gasteiger partial charge in [-0.1, -0.05) is 85.8 Å². The van der Waals surface area contributed by atoms with Crippen molar-refractivity contribution < 1.29 is 34.5 Å². The fourth-order valence-corrected chi connectivity index (χ4v) is 9.48. The molecule has 2 heterocycles. The van der Waals surface area contributed by atoms with Crippen LogP contribution in [0.1, 0.15) is 24.1 Å². The fourth-order valence-electron chi connectivity index (χ4n) is 5.67. The van der Waals surface area contributed by atoms with Crippen LogP contribution in [0.2, 0.25) is 0 Å². The predicted molar refractivity (Wildman–Crippen MR) is 206 cm³/mol. The van der Waals surface area contributed by atoms with Gasteiger partial charge in [0.2, 0.25) is 19.7 Å². The molecule has 0 atom stereocenters. The largest absolute Gasteiger partial charge is 0.396 e. The number of aliphatic hydroxyl groups excluding tert-OH is 1. The predicted octanol–water partition coefficient (Wildman–Crippen LogP) is 7.43. The first kappa shape index (κ1) is 39.2. The highest BCUT2D eigenvalue weighted by molar-refractivity contribution is 7.92. The molecule has 0 spiro atoms. The van der Waals surface area contributed by atoms with E-state index in [0.29, 0.717) is 29.1 Å². The van der Waals surface area contributed by atoms with Crippen molar-refractivity contribution >= 4 is 51.6 Å². The molecule has 7 aromatic rings. The lowest BCUT2D eigenvalue weighted by atomic mass is 10.1. The molecule has 5 aromatic carbocycles. The summed E-state index contributed by atoms with van der Waals surface area (Å²) >= 11 is 0. The van der Waals surface area contributed by atoms with E-state index in [1.807, 2.05) is 19.1 Å².